The summed E-state index contributed by atoms with van der Waals surface area (Å²) in [7, 11) is 0. The molecular formula is C32H61N5O9. The fourth-order valence-corrected chi connectivity index (χ4v) is 4.41. The lowest BCUT2D eigenvalue weighted by molar-refractivity contribution is -0.137. The maximum Gasteiger partial charge on any atom is 0.303 e. The number of hydrogen-bond donors (Lipinski definition) is 6. The van der Waals surface area contributed by atoms with E-state index in [0.29, 0.717) is 65.3 Å². The monoisotopic (exact) mass is 659 g/mol. The molecule has 0 radical (unpaired) electrons. The number of carbonyl (C=O) groups is 5. The molecule has 0 aliphatic rings. The maximum atomic E-state index is 12.2. The fraction of sp³-hybridized carbons (Fsp3) is 0.844. The summed E-state index contributed by atoms with van der Waals surface area (Å²) < 4.78 is 15.9. The van der Waals surface area contributed by atoms with Gasteiger partial charge >= 0.3 is 5.97 Å². The van der Waals surface area contributed by atoms with Crippen LogP contribution in [0.25, 0.3) is 0 Å². The summed E-state index contributed by atoms with van der Waals surface area (Å²) in [5, 5.41) is 19.6. The Morgan fingerprint density at radius 3 is 1.57 bits per heavy atom. The highest BCUT2D eigenvalue weighted by Gasteiger charge is 2.10. The molecule has 0 rings (SSSR count). The molecule has 268 valence electrons. The van der Waals surface area contributed by atoms with Crippen LogP contribution in [-0.2, 0) is 38.2 Å². The van der Waals surface area contributed by atoms with Crippen molar-refractivity contribution in [2.75, 3.05) is 65.8 Å². The summed E-state index contributed by atoms with van der Waals surface area (Å²) in [6.45, 7) is 4.32. The van der Waals surface area contributed by atoms with Crippen molar-refractivity contribution in [1.29, 1.82) is 0 Å². The predicted molar refractivity (Wildman–Crippen MR) is 175 cm³/mol. The first-order valence-electron chi connectivity index (χ1n) is 17.0. The molecule has 7 N–H and O–H groups in total. The quantitative estimate of drug-likeness (QED) is 0.0563. The van der Waals surface area contributed by atoms with Gasteiger partial charge in [-0.3, -0.25) is 24.0 Å². The molecule has 0 aliphatic heterocycles. The second kappa shape index (κ2) is 32.1. The van der Waals surface area contributed by atoms with Crippen LogP contribution in [0.3, 0.4) is 0 Å². The summed E-state index contributed by atoms with van der Waals surface area (Å²) in [6, 6.07) is -0.0729. The number of ether oxygens (including phenoxy) is 3. The van der Waals surface area contributed by atoms with Crippen LogP contribution in [0.1, 0.15) is 103 Å². The lowest BCUT2D eigenvalue weighted by atomic mass is 10.0. The lowest BCUT2D eigenvalue weighted by Gasteiger charge is -2.14. The predicted octanol–water partition coefficient (Wildman–Crippen LogP) is 1.78. The molecule has 0 fully saturated rings. The van der Waals surface area contributed by atoms with E-state index in [2.05, 4.69) is 21.3 Å². The molecular weight excluding hydrogens is 598 g/mol. The van der Waals surface area contributed by atoms with Gasteiger partial charge in [-0.1, -0.05) is 57.8 Å². The molecule has 0 heterocycles. The molecule has 0 bridgehead atoms. The number of amides is 4. The van der Waals surface area contributed by atoms with Crippen molar-refractivity contribution in [2.45, 2.75) is 109 Å². The van der Waals surface area contributed by atoms with Crippen molar-refractivity contribution >= 4 is 29.6 Å². The molecule has 4 amide bonds. The molecule has 0 saturated carbocycles. The van der Waals surface area contributed by atoms with Gasteiger partial charge in [-0.25, -0.2) is 0 Å². The van der Waals surface area contributed by atoms with Crippen LogP contribution in [0.4, 0.5) is 0 Å². The fourth-order valence-electron chi connectivity index (χ4n) is 4.41. The Labute approximate surface area is 275 Å². The van der Waals surface area contributed by atoms with Gasteiger partial charge in [0.25, 0.3) is 0 Å². The zero-order valence-electron chi connectivity index (χ0n) is 28.0. The van der Waals surface area contributed by atoms with Crippen LogP contribution >= 0.6 is 0 Å². The van der Waals surface area contributed by atoms with E-state index in [4.69, 9.17) is 25.1 Å². The van der Waals surface area contributed by atoms with Crippen LogP contribution in [0.2, 0.25) is 0 Å². The van der Waals surface area contributed by atoms with E-state index in [1.165, 1.54) is 32.1 Å². The zero-order valence-corrected chi connectivity index (χ0v) is 28.0. The van der Waals surface area contributed by atoms with Crippen molar-refractivity contribution < 1.29 is 43.3 Å². The number of carboxylic acid groups (broad SMARTS) is 1. The number of nitrogens with two attached hydrogens (primary N) is 1. The Kier molecular flexibility index (Phi) is 30.2. The van der Waals surface area contributed by atoms with Crippen molar-refractivity contribution in [1.82, 2.24) is 21.3 Å². The smallest absolute Gasteiger partial charge is 0.303 e. The number of hydrogen-bond acceptors (Lipinski definition) is 9. The second-order valence-electron chi connectivity index (χ2n) is 11.3. The van der Waals surface area contributed by atoms with E-state index in [0.717, 1.165) is 38.5 Å². The van der Waals surface area contributed by atoms with Crippen LogP contribution in [-0.4, -0.2) is 107 Å². The summed E-state index contributed by atoms with van der Waals surface area (Å²) in [6.07, 6.45) is 13.6. The average molecular weight is 660 g/mol. The third-order valence-corrected chi connectivity index (χ3v) is 7.00. The van der Waals surface area contributed by atoms with E-state index < -0.39 is 5.97 Å². The average Bonchev–Trinajstić information content (AvgIpc) is 3.02. The van der Waals surface area contributed by atoms with Crippen LogP contribution in [0, 0.1) is 0 Å². The standard InChI is InChI=1S/C32H61N5O9/c1-27(37-29(39)13-11-9-7-5-3-2-4-6-8-10-12-14-32(42)43)15-16-28(38)34-17-22-45-23-24-46-26-31(41)36-19-21-44-20-18-35-30(40)25-33/h27H,2-26,33H2,1H3,(H,34,38)(H,35,40)(H,36,41)(H,37,39)(H,42,43)/t27-/m0/s1. The molecule has 0 aromatic carbocycles. The topological polar surface area (TPSA) is 207 Å². The van der Waals surface area contributed by atoms with Crippen LogP contribution in [0.5, 0.6) is 0 Å². The number of rotatable bonds is 33. The summed E-state index contributed by atoms with van der Waals surface area (Å²) in [4.78, 5) is 57.4. The summed E-state index contributed by atoms with van der Waals surface area (Å²) >= 11 is 0. The SMILES string of the molecule is C[C@@H](CCC(=O)NCCOCCOCC(=O)NCCOCCNC(=O)CN)NC(=O)CCCCCCCCCCCCCC(=O)O. The van der Waals surface area contributed by atoms with Gasteiger partial charge in [0.05, 0.1) is 39.6 Å². The molecule has 1 atom stereocenters. The van der Waals surface area contributed by atoms with E-state index in [1.54, 1.807) is 0 Å². The number of carbonyl (C=O) groups excluding carboxylic acids is 4. The Hall–Kier alpha value is -2.81. The molecule has 0 aromatic rings. The van der Waals surface area contributed by atoms with Crippen LogP contribution < -0.4 is 27.0 Å². The first-order valence-corrected chi connectivity index (χ1v) is 17.0. The van der Waals surface area contributed by atoms with Gasteiger partial charge < -0.3 is 46.3 Å². The van der Waals surface area contributed by atoms with Crippen molar-refractivity contribution in [2.24, 2.45) is 5.73 Å². The minimum Gasteiger partial charge on any atom is -0.481 e. The van der Waals surface area contributed by atoms with Crippen molar-refractivity contribution in [3.63, 3.8) is 0 Å². The molecule has 0 aromatic heterocycles. The van der Waals surface area contributed by atoms with Gasteiger partial charge in [0.15, 0.2) is 0 Å². The Balaban J connectivity index is 3.48. The minimum atomic E-state index is -0.709. The molecule has 0 saturated heterocycles. The van der Waals surface area contributed by atoms with E-state index >= 15 is 0 Å². The third kappa shape index (κ3) is 32.6. The Morgan fingerprint density at radius 2 is 1.02 bits per heavy atom. The highest BCUT2D eigenvalue weighted by molar-refractivity contribution is 5.78. The second-order valence-corrected chi connectivity index (χ2v) is 11.3. The Bertz CT molecular complexity index is 817. The summed E-state index contributed by atoms with van der Waals surface area (Å²) in [5.41, 5.74) is 5.17. The van der Waals surface area contributed by atoms with Gasteiger partial charge in [0.1, 0.15) is 6.61 Å². The van der Waals surface area contributed by atoms with Gasteiger partial charge in [-0.05, 0) is 26.2 Å². The number of aliphatic carboxylic acids is 1. The first-order chi connectivity index (χ1) is 22.2. The number of carboxylic acids is 1. The molecule has 0 unspecified atom stereocenters. The van der Waals surface area contributed by atoms with Crippen molar-refractivity contribution in [3.8, 4) is 0 Å². The molecule has 14 nitrogen and oxygen atoms in total. The minimum absolute atomic E-state index is 0.0278. The van der Waals surface area contributed by atoms with E-state index in [9.17, 15) is 24.0 Å². The number of unbranched alkanes of at least 4 members (excludes halogenated alkanes) is 10. The molecule has 14 heteroatoms. The Morgan fingerprint density at radius 1 is 0.565 bits per heavy atom. The first kappa shape index (κ1) is 43.2. The normalized spacial score (nSPS) is 11.5. The van der Waals surface area contributed by atoms with Gasteiger partial charge in [-0.15, -0.1) is 0 Å². The molecule has 46 heavy (non-hydrogen) atoms. The molecule has 0 spiro atoms. The zero-order chi connectivity index (χ0) is 34.1. The van der Waals surface area contributed by atoms with Crippen molar-refractivity contribution in [3.05, 3.63) is 0 Å². The molecule has 0 aliphatic carbocycles. The summed E-state index contributed by atoms with van der Waals surface area (Å²) in [5.74, 6) is -1.29. The third-order valence-electron chi connectivity index (χ3n) is 7.00. The van der Waals surface area contributed by atoms with Gasteiger partial charge in [0.2, 0.25) is 23.6 Å². The van der Waals surface area contributed by atoms with E-state index in [-0.39, 0.29) is 55.8 Å². The number of nitrogens with one attached hydrogen (secondary N) is 4. The largest absolute Gasteiger partial charge is 0.481 e. The van der Waals surface area contributed by atoms with Gasteiger partial charge in [0, 0.05) is 44.9 Å². The van der Waals surface area contributed by atoms with Gasteiger partial charge in [-0.2, -0.15) is 0 Å². The maximum absolute atomic E-state index is 12.2. The van der Waals surface area contributed by atoms with E-state index in [1.807, 2.05) is 6.92 Å². The highest BCUT2D eigenvalue weighted by Crippen LogP contribution is 2.12. The van der Waals surface area contributed by atoms with Crippen LogP contribution in [0.15, 0.2) is 0 Å². The lowest BCUT2D eigenvalue weighted by Crippen LogP contribution is -2.34. The highest BCUT2D eigenvalue weighted by atomic mass is 16.5.